The first-order valence-electron chi connectivity index (χ1n) is 12.1. The second-order valence-electron chi connectivity index (χ2n) is 10.7. The van der Waals surface area contributed by atoms with E-state index in [1.165, 1.54) is 24.8 Å². The van der Waals surface area contributed by atoms with E-state index in [1.807, 2.05) is 16.0 Å². The van der Waals surface area contributed by atoms with Crippen LogP contribution in [0.2, 0.25) is 0 Å². The highest BCUT2D eigenvalue weighted by atomic mass is 16.1. The van der Waals surface area contributed by atoms with E-state index in [9.17, 15) is 9.59 Å². The zero-order valence-corrected chi connectivity index (χ0v) is 18.5. The fraction of sp³-hybridized carbons (Fsp3) is 0.520. The Balaban J connectivity index is 1.11. The lowest BCUT2D eigenvalue weighted by Crippen LogP contribution is -2.34. The first-order chi connectivity index (χ1) is 16.1. The number of fused-ring (bicyclic) bond motifs is 3. The molecule has 4 aliphatic rings. The Hall–Kier alpha value is -3.16. The molecule has 2 unspecified atom stereocenters. The standard InChI is InChI=1S/C25H28N6O2/c32-13-30-12-25(5-6-25)10-21(30)23-26-11-17(27-23)7-15-1-4-19-20(8-15)29-24(28-19)22-16-2-3-18(9-16)31(22)14-33/h1,4,8,11,13-14,16,18,21-22H,2-3,5-7,9-10,12H2,(H,26,27)(H,28,29)/t16?,18?,21-,22-/m0/s1. The quantitative estimate of drug-likeness (QED) is 0.570. The van der Waals surface area contributed by atoms with Crippen molar-refractivity contribution >= 4 is 23.9 Å². The molecule has 4 fully saturated rings. The summed E-state index contributed by atoms with van der Waals surface area (Å²) in [6.45, 7) is 0.861. The minimum absolute atomic E-state index is 0.0684. The van der Waals surface area contributed by atoms with E-state index in [0.717, 1.165) is 73.4 Å². The van der Waals surface area contributed by atoms with Crippen LogP contribution in [0.3, 0.4) is 0 Å². The Morgan fingerprint density at radius 2 is 2.03 bits per heavy atom. The average molecular weight is 445 g/mol. The van der Waals surface area contributed by atoms with Gasteiger partial charge in [0, 0.05) is 30.9 Å². The van der Waals surface area contributed by atoms with Crippen LogP contribution in [0.5, 0.6) is 0 Å². The lowest BCUT2D eigenvalue weighted by molar-refractivity contribution is -0.122. The maximum Gasteiger partial charge on any atom is 0.210 e. The normalized spacial score (nSPS) is 29.5. The number of nitrogens with one attached hydrogen (secondary N) is 2. The number of amides is 2. The van der Waals surface area contributed by atoms with E-state index in [1.54, 1.807) is 0 Å². The predicted molar refractivity (Wildman–Crippen MR) is 121 cm³/mol. The molecule has 0 radical (unpaired) electrons. The molecule has 2 bridgehead atoms. The Bertz CT molecular complexity index is 1240. The molecule has 4 heterocycles. The molecule has 2 saturated carbocycles. The molecule has 2 aliphatic heterocycles. The number of carbonyl (C=O) groups is 2. The molecule has 1 aromatic carbocycles. The molecule has 7 rings (SSSR count). The van der Waals surface area contributed by atoms with Crippen molar-refractivity contribution in [2.45, 2.75) is 63.1 Å². The molecular weight excluding hydrogens is 416 g/mol. The van der Waals surface area contributed by atoms with Crippen molar-refractivity contribution in [1.82, 2.24) is 29.7 Å². The number of aromatic amines is 2. The van der Waals surface area contributed by atoms with Crippen LogP contribution in [-0.2, 0) is 16.0 Å². The Morgan fingerprint density at radius 3 is 2.85 bits per heavy atom. The third-order valence-corrected chi connectivity index (χ3v) is 8.60. The second kappa shape index (κ2) is 6.92. The van der Waals surface area contributed by atoms with Crippen LogP contribution in [0.4, 0.5) is 0 Å². The number of likely N-dealkylation sites (tertiary alicyclic amines) is 2. The number of imidazole rings is 2. The van der Waals surface area contributed by atoms with E-state index in [2.05, 4.69) is 33.2 Å². The summed E-state index contributed by atoms with van der Waals surface area (Å²) in [5.41, 5.74) is 4.52. The van der Waals surface area contributed by atoms with Gasteiger partial charge in [0.25, 0.3) is 0 Å². The van der Waals surface area contributed by atoms with Gasteiger partial charge in [-0.05, 0) is 67.6 Å². The lowest BCUT2D eigenvalue weighted by atomic mass is 9.98. The minimum atomic E-state index is 0.0684. The van der Waals surface area contributed by atoms with Crippen molar-refractivity contribution in [1.29, 1.82) is 0 Å². The number of benzene rings is 1. The molecule has 8 heteroatoms. The van der Waals surface area contributed by atoms with Crippen LogP contribution in [0.15, 0.2) is 24.4 Å². The summed E-state index contributed by atoms with van der Waals surface area (Å²) in [5.74, 6) is 2.32. The second-order valence-corrected chi connectivity index (χ2v) is 10.7. The summed E-state index contributed by atoms with van der Waals surface area (Å²) in [5, 5.41) is 0. The van der Waals surface area contributed by atoms with Gasteiger partial charge in [-0.2, -0.15) is 0 Å². The predicted octanol–water partition coefficient (Wildman–Crippen LogP) is 3.24. The minimum Gasteiger partial charge on any atom is -0.344 e. The van der Waals surface area contributed by atoms with Gasteiger partial charge in [0.15, 0.2) is 0 Å². The lowest BCUT2D eigenvalue weighted by Gasteiger charge is -2.30. The zero-order valence-electron chi connectivity index (χ0n) is 18.5. The smallest absolute Gasteiger partial charge is 0.210 e. The number of hydrogen-bond acceptors (Lipinski definition) is 4. The SMILES string of the molecule is O=CN1CC2(CC2)C[C@H]1c1ncc(Cc2ccc3nc([C@@H]4C5CCC(C5)N4C=O)[nH]c3c2)[nH]1. The molecule has 1 spiro atoms. The number of H-pyrrole nitrogens is 2. The molecule has 4 atom stereocenters. The van der Waals surface area contributed by atoms with Gasteiger partial charge in [0.2, 0.25) is 12.8 Å². The number of nitrogens with zero attached hydrogens (tertiary/aromatic N) is 4. The summed E-state index contributed by atoms with van der Waals surface area (Å²) in [7, 11) is 0. The molecule has 8 nitrogen and oxygen atoms in total. The zero-order chi connectivity index (χ0) is 22.2. The maximum absolute atomic E-state index is 11.7. The van der Waals surface area contributed by atoms with Gasteiger partial charge in [0.05, 0.1) is 23.1 Å². The molecule has 170 valence electrons. The van der Waals surface area contributed by atoms with Gasteiger partial charge in [0.1, 0.15) is 11.6 Å². The summed E-state index contributed by atoms with van der Waals surface area (Å²) in [6, 6.07) is 6.84. The van der Waals surface area contributed by atoms with Crippen molar-refractivity contribution in [3.8, 4) is 0 Å². The fourth-order valence-corrected chi connectivity index (χ4v) is 6.71. The fourth-order valence-electron chi connectivity index (χ4n) is 6.71. The third-order valence-electron chi connectivity index (χ3n) is 8.60. The molecule has 3 aromatic rings. The Labute approximate surface area is 191 Å². The van der Waals surface area contributed by atoms with Gasteiger partial charge in [-0.3, -0.25) is 9.59 Å². The highest BCUT2D eigenvalue weighted by molar-refractivity contribution is 5.76. The Morgan fingerprint density at radius 1 is 1.12 bits per heavy atom. The highest BCUT2D eigenvalue weighted by Crippen LogP contribution is 2.57. The third kappa shape index (κ3) is 3.03. The van der Waals surface area contributed by atoms with Crippen LogP contribution in [0.25, 0.3) is 11.0 Å². The van der Waals surface area contributed by atoms with Gasteiger partial charge in [-0.15, -0.1) is 0 Å². The topological polar surface area (TPSA) is 98.0 Å². The van der Waals surface area contributed by atoms with Crippen LogP contribution in [-0.4, -0.2) is 55.1 Å². The van der Waals surface area contributed by atoms with Crippen LogP contribution in [0.1, 0.15) is 73.5 Å². The van der Waals surface area contributed by atoms with Crippen LogP contribution < -0.4 is 0 Å². The van der Waals surface area contributed by atoms with E-state index in [4.69, 9.17) is 4.98 Å². The van der Waals surface area contributed by atoms with Crippen molar-refractivity contribution in [3.05, 3.63) is 47.3 Å². The van der Waals surface area contributed by atoms with Crippen molar-refractivity contribution in [2.24, 2.45) is 11.3 Å². The molecule has 2 amide bonds. The highest BCUT2D eigenvalue weighted by Gasteiger charge is 2.52. The molecule has 2 N–H and O–H groups in total. The number of piperidine rings is 1. The molecule has 33 heavy (non-hydrogen) atoms. The van der Waals surface area contributed by atoms with Crippen LogP contribution in [0, 0.1) is 11.3 Å². The van der Waals surface area contributed by atoms with Gasteiger partial charge < -0.3 is 19.8 Å². The Kier molecular flexibility index (Phi) is 4.05. The largest absolute Gasteiger partial charge is 0.344 e. The van der Waals surface area contributed by atoms with Crippen molar-refractivity contribution in [2.75, 3.05) is 6.54 Å². The number of rotatable bonds is 6. The first-order valence-corrected chi connectivity index (χ1v) is 12.1. The van der Waals surface area contributed by atoms with E-state index in [0.29, 0.717) is 17.4 Å². The monoisotopic (exact) mass is 444 g/mol. The number of hydrogen-bond donors (Lipinski definition) is 2. The van der Waals surface area contributed by atoms with Crippen molar-refractivity contribution in [3.63, 3.8) is 0 Å². The molecule has 2 aliphatic carbocycles. The summed E-state index contributed by atoms with van der Waals surface area (Å²) < 4.78 is 0. The van der Waals surface area contributed by atoms with E-state index < -0.39 is 0 Å². The molecular formula is C25H28N6O2. The molecule has 2 saturated heterocycles. The molecule has 2 aromatic heterocycles. The van der Waals surface area contributed by atoms with E-state index in [-0.39, 0.29) is 12.1 Å². The average Bonchev–Trinajstić information content (AvgIpc) is 3.38. The summed E-state index contributed by atoms with van der Waals surface area (Å²) in [4.78, 5) is 43.6. The van der Waals surface area contributed by atoms with Gasteiger partial charge in [-0.1, -0.05) is 6.07 Å². The van der Waals surface area contributed by atoms with Crippen LogP contribution >= 0.6 is 0 Å². The summed E-state index contributed by atoms with van der Waals surface area (Å²) in [6.07, 6.45) is 11.5. The van der Waals surface area contributed by atoms with Gasteiger partial charge >= 0.3 is 0 Å². The summed E-state index contributed by atoms with van der Waals surface area (Å²) >= 11 is 0. The maximum atomic E-state index is 11.7. The number of aromatic nitrogens is 4. The van der Waals surface area contributed by atoms with Crippen molar-refractivity contribution < 1.29 is 9.59 Å². The van der Waals surface area contributed by atoms with Gasteiger partial charge in [-0.25, -0.2) is 9.97 Å². The first kappa shape index (κ1) is 19.3. The number of carbonyl (C=O) groups excluding carboxylic acids is 2. The van der Waals surface area contributed by atoms with E-state index >= 15 is 0 Å².